The maximum Gasteiger partial charge on any atom is 0.196 e. The van der Waals surface area contributed by atoms with Crippen LogP contribution in [0.2, 0.25) is 0 Å². The summed E-state index contributed by atoms with van der Waals surface area (Å²) < 4.78 is 0. The first kappa shape index (κ1) is 12.0. The highest BCUT2D eigenvalue weighted by molar-refractivity contribution is 5.97. The van der Waals surface area contributed by atoms with Crippen LogP contribution in [0.1, 0.15) is 32.6 Å². The third-order valence-corrected chi connectivity index (χ3v) is 3.25. The molecule has 0 amide bonds. The van der Waals surface area contributed by atoms with Crippen LogP contribution in [0.3, 0.4) is 0 Å². The molecule has 0 aromatic heterocycles. The maximum atomic E-state index is 5.98. The van der Waals surface area contributed by atoms with Crippen molar-refractivity contribution in [1.82, 2.24) is 0 Å². The van der Waals surface area contributed by atoms with E-state index in [0.29, 0.717) is 12.0 Å². The van der Waals surface area contributed by atoms with Crippen molar-refractivity contribution >= 4 is 11.6 Å². The Bertz CT molecular complexity index is 372. The average Bonchev–Trinajstić information content (AvgIpc) is 2.72. The van der Waals surface area contributed by atoms with Crippen LogP contribution in [0.15, 0.2) is 35.3 Å². The van der Waals surface area contributed by atoms with Gasteiger partial charge >= 0.3 is 0 Å². The van der Waals surface area contributed by atoms with Crippen molar-refractivity contribution < 1.29 is 0 Å². The summed E-state index contributed by atoms with van der Waals surface area (Å²) in [5.74, 6) is 0.665. The molecule has 0 bridgehead atoms. The van der Waals surface area contributed by atoms with Crippen molar-refractivity contribution in [3.8, 4) is 0 Å². The number of unbranched alkanes of at least 4 members (excludes halogenated alkanes) is 2. The molecule has 1 aromatic carbocycles. The minimum Gasteiger partial charge on any atom is -0.370 e. The minimum atomic E-state index is 0.448. The number of para-hydroxylation sites is 1. The molecule has 1 atom stereocenters. The first-order valence-electron chi connectivity index (χ1n) is 6.47. The maximum absolute atomic E-state index is 5.98. The number of benzene rings is 1. The molecule has 3 heteroatoms. The Morgan fingerprint density at radius 3 is 2.76 bits per heavy atom. The number of aliphatic imine (C=N–C) groups is 1. The molecule has 0 saturated carbocycles. The van der Waals surface area contributed by atoms with Crippen LogP contribution in [0, 0.1) is 0 Å². The van der Waals surface area contributed by atoms with Gasteiger partial charge in [-0.3, -0.25) is 4.99 Å². The van der Waals surface area contributed by atoms with Crippen LogP contribution in [0.4, 0.5) is 5.69 Å². The Balaban J connectivity index is 2.04. The number of nitrogens with two attached hydrogens (primary N) is 1. The van der Waals surface area contributed by atoms with E-state index >= 15 is 0 Å². The summed E-state index contributed by atoms with van der Waals surface area (Å²) in [4.78, 5) is 6.55. The standard InChI is InChI=1S/C14H21N3/c1-2-3-5-10-13-11-16-14(15)17(13)12-8-6-4-7-9-12/h4,6-9,13H,2-3,5,10-11H2,1H3,(H2,15,16). The summed E-state index contributed by atoms with van der Waals surface area (Å²) in [6, 6.07) is 10.8. The third kappa shape index (κ3) is 2.78. The van der Waals surface area contributed by atoms with Gasteiger partial charge in [-0.1, -0.05) is 44.4 Å². The lowest BCUT2D eigenvalue weighted by Crippen LogP contribution is -2.40. The van der Waals surface area contributed by atoms with Crippen LogP contribution in [-0.2, 0) is 0 Å². The summed E-state index contributed by atoms with van der Waals surface area (Å²) in [5, 5.41) is 0. The van der Waals surface area contributed by atoms with E-state index in [9.17, 15) is 0 Å². The molecular weight excluding hydrogens is 210 g/mol. The molecule has 2 rings (SSSR count). The number of nitrogens with zero attached hydrogens (tertiary/aromatic N) is 2. The van der Waals surface area contributed by atoms with E-state index in [0.717, 1.165) is 12.2 Å². The second-order valence-corrected chi connectivity index (χ2v) is 4.55. The van der Waals surface area contributed by atoms with E-state index in [1.807, 2.05) is 18.2 Å². The van der Waals surface area contributed by atoms with Gasteiger partial charge in [0, 0.05) is 5.69 Å². The fraction of sp³-hybridized carbons (Fsp3) is 0.500. The van der Waals surface area contributed by atoms with E-state index in [2.05, 4.69) is 28.9 Å². The molecular formula is C14H21N3. The van der Waals surface area contributed by atoms with Gasteiger partial charge in [-0.15, -0.1) is 0 Å². The molecule has 17 heavy (non-hydrogen) atoms. The van der Waals surface area contributed by atoms with Crippen LogP contribution in [0.5, 0.6) is 0 Å². The van der Waals surface area contributed by atoms with Crippen LogP contribution in [0.25, 0.3) is 0 Å². The van der Waals surface area contributed by atoms with E-state index in [-0.39, 0.29) is 0 Å². The number of rotatable bonds is 5. The largest absolute Gasteiger partial charge is 0.370 e. The van der Waals surface area contributed by atoms with Crippen molar-refractivity contribution in [3.05, 3.63) is 30.3 Å². The molecule has 1 aromatic rings. The Morgan fingerprint density at radius 2 is 2.06 bits per heavy atom. The lowest BCUT2D eigenvalue weighted by atomic mass is 10.1. The third-order valence-electron chi connectivity index (χ3n) is 3.25. The smallest absolute Gasteiger partial charge is 0.196 e. The molecule has 1 aliphatic heterocycles. The second-order valence-electron chi connectivity index (χ2n) is 4.55. The highest BCUT2D eigenvalue weighted by Crippen LogP contribution is 2.23. The van der Waals surface area contributed by atoms with Gasteiger partial charge in [0.15, 0.2) is 5.96 Å². The molecule has 0 aliphatic carbocycles. The van der Waals surface area contributed by atoms with Gasteiger partial charge in [0.25, 0.3) is 0 Å². The predicted octanol–water partition coefficient (Wildman–Crippen LogP) is 2.77. The summed E-state index contributed by atoms with van der Waals surface area (Å²) in [5.41, 5.74) is 7.14. The summed E-state index contributed by atoms with van der Waals surface area (Å²) in [6.07, 6.45) is 4.98. The average molecular weight is 231 g/mol. The Kier molecular flexibility index (Phi) is 4.02. The Morgan fingerprint density at radius 1 is 1.29 bits per heavy atom. The number of anilines is 1. The van der Waals surface area contributed by atoms with Gasteiger partial charge in [0.05, 0.1) is 12.6 Å². The van der Waals surface area contributed by atoms with Gasteiger partial charge in [-0.2, -0.15) is 0 Å². The van der Waals surface area contributed by atoms with Crippen molar-refractivity contribution in [3.63, 3.8) is 0 Å². The molecule has 0 spiro atoms. The van der Waals surface area contributed by atoms with Gasteiger partial charge in [0.2, 0.25) is 0 Å². The summed E-state index contributed by atoms with van der Waals surface area (Å²) in [7, 11) is 0. The highest BCUT2D eigenvalue weighted by atomic mass is 15.3. The van der Waals surface area contributed by atoms with Crippen LogP contribution >= 0.6 is 0 Å². The molecule has 1 aliphatic rings. The molecule has 0 saturated heterocycles. The monoisotopic (exact) mass is 231 g/mol. The van der Waals surface area contributed by atoms with Crippen LogP contribution in [-0.4, -0.2) is 18.5 Å². The topological polar surface area (TPSA) is 41.6 Å². The fourth-order valence-corrected chi connectivity index (χ4v) is 2.33. The van der Waals surface area contributed by atoms with Crippen LogP contribution < -0.4 is 10.6 Å². The summed E-state index contributed by atoms with van der Waals surface area (Å²) >= 11 is 0. The van der Waals surface area contributed by atoms with Gasteiger partial charge in [-0.05, 0) is 18.6 Å². The van der Waals surface area contributed by atoms with Crippen molar-refractivity contribution in [1.29, 1.82) is 0 Å². The first-order chi connectivity index (χ1) is 8.33. The van der Waals surface area contributed by atoms with Crippen molar-refractivity contribution in [2.24, 2.45) is 10.7 Å². The Labute approximate surface area is 103 Å². The van der Waals surface area contributed by atoms with E-state index < -0.39 is 0 Å². The van der Waals surface area contributed by atoms with E-state index in [1.54, 1.807) is 0 Å². The van der Waals surface area contributed by atoms with Crippen molar-refractivity contribution in [2.75, 3.05) is 11.4 Å². The zero-order valence-corrected chi connectivity index (χ0v) is 10.5. The zero-order chi connectivity index (χ0) is 12.1. The molecule has 0 radical (unpaired) electrons. The second kappa shape index (κ2) is 5.71. The van der Waals surface area contributed by atoms with Gasteiger partial charge < -0.3 is 10.6 Å². The van der Waals surface area contributed by atoms with Gasteiger partial charge in [0.1, 0.15) is 0 Å². The molecule has 1 heterocycles. The molecule has 0 fully saturated rings. The Hall–Kier alpha value is -1.51. The fourth-order valence-electron chi connectivity index (χ4n) is 2.33. The normalized spacial score (nSPS) is 19.5. The summed E-state index contributed by atoms with van der Waals surface area (Å²) in [6.45, 7) is 3.07. The van der Waals surface area contributed by atoms with E-state index in [4.69, 9.17) is 5.73 Å². The molecule has 1 unspecified atom stereocenters. The highest BCUT2D eigenvalue weighted by Gasteiger charge is 2.26. The zero-order valence-electron chi connectivity index (χ0n) is 10.5. The number of hydrogen-bond donors (Lipinski definition) is 1. The molecule has 92 valence electrons. The SMILES string of the molecule is CCCCCC1CN=C(N)N1c1ccccc1. The quantitative estimate of drug-likeness (QED) is 0.792. The predicted molar refractivity (Wildman–Crippen MR) is 73.3 cm³/mol. The number of hydrogen-bond acceptors (Lipinski definition) is 3. The molecule has 2 N–H and O–H groups in total. The molecule has 3 nitrogen and oxygen atoms in total. The number of guanidine groups is 1. The first-order valence-corrected chi connectivity index (χ1v) is 6.47. The lowest BCUT2D eigenvalue weighted by Gasteiger charge is -2.26. The van der Waals surface area contributed by atoms with Crippen molar-refractivity contribution in [2.45, 2.75) is 38.6 Å². The van der Waals surface area contributed by atoms with E-state index in [1.165, 1.54) is 25.7 Å². The van der Waals surface area contributed by atoms with Gasteiger partial charge in [-0.25, -0.2) is 0 Å². The lowest BCUT2D eigenvalue weighted by molar-refractivity contribution is 0.580. The minimum absolute atomic E-state index is 0.448.